The number of nitrogens with zero attached hydrogens (tertiary/aromatic N) is 2. The first-order valence-electron chi connectivity index (χ1n) is 9.94. The summed E-state index contributed by atoms with van der Waals surface area (Å²) in [6.45, 7) is 2.69. The molecule has 0 bridgehead atoms. The lowest BCUT2D eigenvalue weighted by Crippen LogP contribution is -2.12. The fraction of sp³-hybridized carbons (Fsp3) is 0.167. The van der Waals surface area contributed by atoms with Crippen LogP contribution < -0.4 is 19.5 Å². The van der Waals surface area contributed by atoms with Gasteiger partial charge in [-0.05, 0) is 49.4 Å². The van der Waals surface area contributed by atoms with Gasteiger partial charge in [0, 0.05) is 29.7 Å². The molecule has 0 aliphatic rings. The van der Waals surface area contributed by atoms with E-state index in [4.69, 9.17) is 14.2 Å². The van der Waals surface area contributed by atoms with Crippen LogP contribution in [0.4, 0.5) is 5.69 Å². The van der Waals surface area contributed by atoms with Crippen LogP contribution >= 0.6 is 0 Å². The second-order valence-corrected chi connectivity index (χ2v) is 6.77. The van der Waals surface area contributed by atoms with Gasteiger partial charge in [-0.1, -0.05) is 12.1 Å². The number of carbonyl (C=O) groups is 1. The maximum Gasteiger partial charge on any atom is 0.255 e. The van der Waals surface area contributed by atoms with Crippen molar-refractivity contribution in [3.63, 3.8) is 0 Å². The van der Waals surface area contributed by atoms with E-state index in [0.717, 1.165) is 11.3 Å². The van der Waals surface area contributed by atoms with Crippen LogP contribution in [-0.2, 0) is 6.61 Å². The molecule has 0 aliphatic carbocycles. The summed E-state index contributed by atoms with van der Waals surface area (Å²) in [6, 6.07) is 18.2. The third-order valence-electron chi connectivity index (χ3n) is 4.62. The predicted molar refractivity (Wildman–Crippen MR) is 118 cm³/mol. The van der Waals surface area contributed by atoms with Crippen molar-refractivity contribution in [1.29, 1.82) is 0 Å². The first kappa shape index (κ1) is 20.3. The van der Waals surface area contributed by atoms with E-state index in [9.17, 15) is 4.79 Å². The number of aromatic nitrogens is 2. The van der Waals surface area contributed by atoms with Crippen LogP contribution in [0.25, 0.3) is 5.65 Å². The normalized spacial score (nSPS) is 10.6. The zero-order valence-corrected chi connectivity index (χ0v) is 17.4. The lowest BCUT2D eigenvalue weighted by atomic mass is 10.1. The highest BCUT2D eigenvalue weighted by Gasteiger charge is 2.12. The molecule has 158 valence electrons. The third-order valence-corrected chi connectivity index (χ3v) is 4.62. The molecule has 0 spiro atoms. The van der Waals surface area contributed by atoms with Crippen molar-refractivity contribution in [3.05, 3.63) is 84.3 Å². The molecular weight excluding hydrogens is 394 g/mol. The molecule has 0 fully saturated rings. The molecule has 0 saturated carbocycles. The van der Waals surface area contributed by atoms with Gasteiger partial charge in [0.1, 0.15) is 18.0 Å². The number of nitrogens with one attached hydrogen (secondary N) is 1. The highest BCUT2D eigenvalue weighted by molar-refractivity contribution is 6.04. The van der Waals surface area contributed by atoms with Crippen molar-refractivity contribution in [2.24, 2.45) is 0 Å². The molecule has 7 nitrogen and oxygen atoms in total. The highest BCUT2D eigenvalue weighted by atomic mass is 16.5. The third kappa shape index (κ3) is 4.78. The zero-order chi connectivity index (χ0) is 21.6. The van der Waals surface area contributed by atoms with Gasteiger partial charge in [-0.15, -0.1) is 0 Å². The number of benzene rings is 2. The molecule has 4 aromatic rings. The van der Waals surface area contributed by atoms with Crippen molar-refractivity contribution in [1.82, 2.24) is 9.38 Å². The number of pyridine rings is 1. The van der Waals surface area contributed by atoms with Crippen LogP contribution in [-0.4, -0.2) is 29.0 Å². The molecule has 0 saturated heterocycles. The quantitative estimate of drug-likeness (QED) is 0.455. The first-order chi connectivity index (χ1) is 15.2. The monoisotopic (exact) mass is 417 g/mol. The number of anilines is 1. The molecule has 1 N–H and O–H groups in total. The Bertz CT molecular complexity index is 1170. The molecule has 0 atom stereocenters. The van der Waals surface area contributed by atoms with E-state index in [0.29, 0.717) is 41.7 Å². The zero-order valence-electron chi connectivity index (χ0n) is 17.4. The van der Waals surface area contributed by atoms with Gasteiger partial charge in [0.15, 0.2) is 11.5 Å². The molecule has 2 aromatic carbocycles. The lowest BCUT2D eigenvalue weighted by molar-refractivity contribution is 0.102. The summed E-state index contributed by atoms with van der Waals surface area (Å²) < 4.78 is 18.6. The maximum atomic E-state index is 12.7. The van der Waals surface area contributed by atoms with Gasteiger partial charge in [-0.2, -0.15) is 0 Å². The summed E-state index contributed by atoms with van der Waals surface area (Å²) in [6.07, 6.45) is 3.87. The van der Waals surface area contributed by atoms with Crippen LogP contribution in [0.5, 0.6) is 17.2 Å². The summed E-state index contributed by atoms with van der Waals surface area (Å²) in [4.78, 5) is 17.2. The van der Waals surface area contributed by atoms with E-state index in [1.807, 2.05) is 60.1 Å². The van der Waals surface area contributed by atoms with Crippen molar-refractivity contribution in [3.8, 4) is 17.2 Å². The molecule has 2 heterocycles. The van der Waals surface area contributed by atoms with E-state index in [-0.39, 0.29) is 5.91 Å². The Balaban J connectivity index is 1.43. The summed E-state index contributed by atoms with van der Waals surface area (Å²) in [5.41, 5.74) is 2.79. The molecule has 7 heteroatoms. The molecule has 31 heavy (non-hydrogen) atoms. The molecular formula is C24H23N3O4. The Kier molecular flexibility index (Phi) is 6.03. The second-order valence-electron chi connectivity index (χ2n) is 6.77. The number of fused-ring (bicyclic) bond motifs is 1. The van der Waals surface area contributed by atoms with Gasteiger partial charge < -0.3 is 23.9 Å². The molecule has 0 unspecified atom stereocenters. The summed E-state index contributed by atoms with van der Waals surface area (Å²) in [5.74, 6) is 1.50. The van der Waals surface area contributed by atoms with E-state index >= 15 is 0 Å². The Morgan fingerprint density at radius 3 is 2.74 bits per heavy atom. The molecule has 1 amide bonds. The summed E-state index contributed by atoms with van der Waals surface area (Å²) in [7, 11) is 1.56. The van der Waals surface area contributed by atoms with Crippen molar-refractivity contribution in [2.45, 2.75) is 13.5 Å². The first-order valence-corrected chi connectivity index (χ1v) is 9.94. The minimum absolute atomic E-state index is 0.249. The second kappa shape index (κ2) is 9.21. The van der Waals surface area contributed by atoms with Gasteiger partial charge in [0.2, 0.25) is 0 Å². The minimum atomic E-state index is -0.249. The smallest absolute Gasteiger partial charge is 0.255 e. The minimum Gasteiger partial charge on any atom is -0.493 e. The van der Waals surface area contributed by atoms with Crippen LogP contribution in [0.15, 0.2) is 73.1 Å². The van der Waals surface area contributed by atoms with Gasteiger partial charge in [0.05, 0.1) is 19.4 Å². The lowest BCUT2D eigenvalue weighted by Gasteiger charge is -2.12. The van der Waals surface area contributed by atoms with E-state index in [1.165, 1.54) is 0 Å². The van der Waals surface area contributed by atoms with Crippen molar-refractivity contribution >= 4 is 17.2 Å². The topological polar surface area (TPSA) is 74.1 Å². The molecule has 2 aromatic heterocycles. The van der Waals surface area contributed by atoms with Crippen LogP contribution in [0.3, 0.4) is 0 Å². The van der Waals surface area contributed by atoms with Gasteiger partial charge in [-0.25, -0.2) is 4.98 Å². The Hall–Kier alpha value is -4.00. The molecule has 0 aliphatic heterocycles. The standard InChI is InChI=1S/C24H23N3O4/c1-3-30-22-13-17(10-11-21(22)29-2)24(28)26-18-7-6-8-20(14-18)31-16-19-15-27-12-5-4-9-23(27)25-19/h4-15H,3,16H2,1-2H3,(H,26,28). The van der Waals surface area contributed by atoms with Crippen LogP contribution in [0, 0.1) is 0 Å². The van der Waals surface area contributed by atoms with E-state index in [1.54, 1.807) is 31.4 Å². The van der Waals surface area contributed by atoms with Gasteiger partial charge in [-0.3, -0.25) is 4.79 Å². The number of amides is 1. The van der Waals surface area contributed by atoms with Gasteiger partial charge >= 0.3 is 0 Å². The number of imidazole rings is 1. The Morgan fingerprint density at radius 1 is 1.03 bits per heavy atom. The average molecular weight is 417 g/mol. The van der Waals surface area contributed by atoms with Crippen LogP contribution in [0.1, 0.15) is 23.0 Å². The SMILES string of the molecule is CCOc1cc(C(=O)Nc2cccc(OCc3cn4ccccc4n3)c2)ccc1OC. The number of hydrogen-bond donors (Lipinski definition) is 1. The van der Waals surface area contributed by atoms with Crippen molar-refractivity contribution in [2.75, 3.05) is 19.0 Å². The molecule has 0 radical (unpaired) electrons. The molecule has 4 rings (SSSR count). The fourth-order valence-electron chi connectivity index (χ4n) is 3.17. The number of rotatable bonds is 8. The highest BCUT2D eigenvalue weighted by Crippen LogP contribution is 2.28. The fourth-order valence-corrected chi connectivity index (χ4v) is 3.17. The number of methoxy groups -OCH3 is 1. The van der Waals surface area contributed by atoms with E-state index < -0.39 is 0 Å². The largest absolute Gasteiger partial charge is 0.493 e. The van der Waals surface area contributed by atoms with Crippen molar-refractivity contribution < 1.29 is 19.0 Å². The number of ether oxygens (including phenoxy) is 3. The summed E-state index contributed by atoms with van der Waals surface area (Å²) >= 11 is 0. The average Bonchev–Trinajstić information content (AvgIpc) is 3.21. The Morgan fingerprint density at radius 2 is 1.94 bits per heavy atom. The predicted octanol–water partition coefficient (Wildman–Crippen LogP) is 4.57. The van der Waals surface area contributed by atoms with Gasteiger partial charge in [0.25, 0.3) is 5.91 Å². The van der Waals surface area contributed by atoms with Crippen LogP contribution in [0.2, 0.25) is 0 Å². The summed E-state index contributed by atoms with van der Waals surface area (Å²) in [5, 5.41) is 2.89. The maximum absolute atomic E-state index is 12.7. The number of hydrogen-bond acceptors (Lipinski definition) is 5. The Labute approximate surface area is 180 Å². The van der Waals surface area contributed by atoms with E-state index in [2.05, 4.69) is 10.3 Å². The number of carbonyl (C=O) groups excluding carboxylic acids is 1.